The largest absolute Gasteiger partial charge is 0.316 e. The van der Waals surface area contributed by atoms with E-state index in [2.05, 4.69) is 26.1 Å². The Morgan fingerprint density at radius 3 is 2.67 bits per heavy atom. The number of hydrogen-bond acceptors (Lipinski definition) is 1. The summed E-state index contributed by atoms with van der Waals surface area (Å²) >= 11 is 0. The Bertz CT molecular complexity index is 123. The second-order valence-corrected chi connectivity index (χ2v) is 5.02. The van der Waals surface area contributed by atoms with E-state index in [4.69, 9.17) is 0 Å². The summed E-state index contributed by atoms with van der Waals surface area (Å²) in [5, 5.41) is 3.50. The Labute approximate surface area is 76.9 Å². The van der Waals surface area contributed by atoms with Crippen LogP contribution < -0.4 is 5.32 Å². The maximum atomic E-state index is 3.50. The number of piperidine rings is 1. The van der Waals surface area contributed by atoms with Gasteiger partial charge in [0.2, 0.25) is 0 Å². The van der Waals surface area contributed by atoms with E-state index in [1.54, 1.807) is 0 Å². The maximum Gasteiger partial charge on any atom is 0.000517 e. The predicted octanol–water partition coefficient (Wildman–Crippen LogP) is 2.81. The molecule has 1 saturated heterocycles. The second kappa shape index (κ2) is 4.27. The van der Waals surface area contributed by atoms with Crippen molar-refractivity contribution >= 4 is 0 Å². The minimum Gasteiger partial charge on any atom is -0.316 e. The second-order valence-electron chi connectivity index (χ2n) is 5.02. The van der Waals surface area contributed by atoms with E-state index in [0.29, 0.717) is 5.41 Å². The van der Waals surface area contributed by atoms with Gasteiger partial charge in [0.25, 0.3) is 0 Å². The highest BCUT2D eigenvalue weighted by atomic mass is 14.9. The normalized spacial score (nSPS) is 31.0. The van der Waals surface area contributed by atoms with Gasteiger partial charge in [-0.3, -0.25) is 0 Å². The lowest BCUT2D eigenvalue weighted by atomic mass is 9.77. The van der Waals surface area contributed by atoms with Gasteiger partial charge < -0.3 is 5.32 Å². The van der Waals surface area contributed by atoms with Crippen LogP contribution in [-0.2, 0) is 0 Å². The number of rotatable bonds is 3. The molecule has 0 aromatic carbocycles. The third-order valence-corrected chi connectivity index (χ3v) is 3.01. The smallest absolute Gasteiger partial charge is 0.000517 e. The molecule has 1 heterocycles. The molecule has 1 unspecified atom stereocenters. The highest BCUT2D eigenvalue weighted by Crippen LogP contribution is 2.31. The summed E-state index contributed by atoms with van der Waals surface area (Å²) in [5.41, 5.74) is 0.600. The predicted molar refractivity (Wildman–Crippen MR) is 54.3 cm³/mol. The molecule has 1 atom stereocenters. The molecule has 1 aliphatic rings. The van der Waals surface area contributed by atoms with Crippen molar-refractivity contribution in [1.29, 1.82) is 0 Å². The molecule has 0 amide bonds. The van der Waals surface area contributed by atoms with Crippen molar-refractivity contribution in [1.82, 2.24) is 5.32 Å². The number of hydrogen-bond donors (Lipinski definition) is 1. The quantitative estimate of drug-likeness (QED) is 0.685. The molecule has 1 aliphatic heterocycles. The van der Waals surface area contributed by atoms with E-state index in [0.717, 1.165) is 5.92 Å². The SMILES string of the molecule is CC(C)CCC1(C)CCCNC1. The zero-order valence-corrected chi connectivity index (χ0v) is 8.82. The Hall–Kier alpha value is -0.0400. The van der Waals surface area contributed by atoms with Gasteiger partial charge in [0.1, 0.15) is 0 Å². The van der Waals surface area contributed by atoms with Gasteiger partial charge in [-0.1, -0.05) is 27.2 Å². The third kappa shape index (κ3) is 3.14. The zero-order valence-electron chi connectivity index (χ0n) is 8.82. The lowest BCUT2D eigenvalue weighted by Crippen LogP contribution is -2.37. The molecule has 0 spiro atoms. The van der Waals surface area contributed by atoms with E-state index in [1.807, 2.05) is 0 Å². The van der Waals surface area contributed by atoms with Crippen LogP contribution in [0.1, 0.15) is 46.5 Å². The molecule has 0 aromatic heterocycles. The monoisotopic (exact) mass is 169 g/mol. The zero-order chi connectivity index (χ0) is 9.03. The summed E-state index contributed by atoms with van der Waals surface area (Å²) in [7, 11) is 0. The van der Waals surface area contributed by atoms with Crippen molar-refractivity contribution < 1.29 is 0 Å². The van der Waals surface area contributed by atoms with Gasteiger partial charge in [0, 0.05) is 6.54 Å². The van der Waals surface area contributed by atoms with Gasteiger partial charge in [-0.15, -0.1) is 0 Å². The van der Waals surface area contributed by atoms with Crippen LogP contribution in [-0.4, -0.2) is 13.1 Å². The average Bonchev–Trinajstić information content (AvgIpc) is 2.03. The molecule has 0 aromatic rings. The van der Waals surface area contributed by atoms with Crippen molar-refractivity contribution in [2.45, 2.75) is 46.5 Å². The molecule has 0 radical (unpaired) electrons. The molecule has 0 saturated carbocycles. The van der Waals surface area contributed by atoms with Crippen LogP contribution in [0.4, 0.5) is 0 Å². The lowest BCUT2D eigenvalue weighted by Gasteiger charge is -2.34. The van der Waals surface area contributed by atoms with Crippen molar-refractivity contribution in [2.75, 3.05) is 13.1 Å². The summed E-state index contributed by atoms with van der Waals surface area (Å²) in [5.74, 6) is 0.865. The molecule has 72 valence electrons. The lowest BCUT2D eigenvalue weighted by molar-refractivity contribution is 0.204. The standard InChI is InChI=1S/C11H23N/c1-10(2)5-7-11(3)6-4-8-12-9-11/h10,12H,4-9H2,1-3H3. The van der Waals surface area contributed by atoms with Crippen LogP contribution in [0.5, 0.6) is 0 Å². The van der Waals surface area contributed by atoms with E-state index in [9.17, 15) is 0 Å². The Kier molecular flexibility index (Phi) is 3.57. The Morgan fingerprint density at radius 1 is 1.42 bits per heavy atom. The fourth-order valence-electron chi connectivity index (χ4n) is 1.97. The molecule has 1 nitrogen and oxygen atoms in total. The summed E-state index contributed by atoms with van der Waals surface area (Å²) < 4.78 is 0. The first kappa shape index (κ1) is 10.0. The van der Waals surface area contributed by atoms with Crippen LogP contribution in [0.2, 0.25) is 0 Å². The molecule has 12 heavy (non-hydrogen) atoms. The van der Waals surface area contributed by atoms with E-state index >= 15 is 0 Å². The van der Waals surface area contributed by atoms with Gasteiger partial charge in [-0.2, -0.15) is 0 Å². The van der Waals surface area contributed by atoms with E-state index in [1.165, 1.54) is 38.8 Å². The minimum absolute atomic E-state index is 0.600. The molecule has 1 fully saturated rings. The summed E-state index contributed by atoms with van der Waals surface area (Å²) in [6, 6.07) is 0. The van der Waals surface area contributed by atoms with Crippen LogP contribution in [0, 0.1) is 11.3 Å². The van der Waals surface area contributed by atoms with Crippen molar-refractivity contribution in [3.8, 4) is 0 Å². The van der Waals surface area contributed by atoms with Gasteiger partial charge >= 0.3 is 0 Å². The van der Waals surface area contributed by atoms with Crippen molar-refractivity contribution in [3.63, 3.8) is 0 Å². The molecule has 1 N–H and O–H groups in total. The van der Waals surface area contributed by atoms with Crippen LogP contribution in [0.15, 0.2) is 0 Å². The first-order valence-corrected chi connectivity index (χ1v) is 5.33. The molecular formula is C11H23N. The summed E-state index contributed by atoms with van der Waals surface area (Å²) in [4.78, 5) is 0. The van der Waals surface area contributed by atoms with Gasteiger partial charge in [0.05, 0.1) is 0 Å². The van der Waals surface area contributed by atoms with Gasteiger partial charge in [-0.25, -0.2) is 0 Å². The van der Waals surface area contributed by atoms with Crippen LogP contribution in [0.25, 0.3) is 0 Å². The molecule has 0 bridgehead atoms. The fourth-order valence-corrected chi connectivity index (χ4v) is 1.97. The molecule has 1 rings (SSSR count). The highest BCUT2D eigenvalue weighted by molar-refractivity contribution is 4.81. The number of nitrogens with one attached hydrogen (secondary N) is 1. The molecular weight excluding hydrogens is 146 g/mol. The van der Waals surface area contributed by atoms with Crippen molar-refractivity contribution in [2.24, 2.45) is 11.3 Å². The average molecular weight is 169 g/mol. The third-order valence-electron chi connectivity index (χ3n) is 3.01. The molecule has 1 heteroatoms. The summed E-state index contributed by atoms with van der Waals surface area (Å²) in [6.45, 7) is 9.54. The van der Waals surface area contributed by atoms with E-state index in [-0.39, 0.29) is 0 Å². The Morgan fingerprint density at radius 2 is 2.17 bits per heavy atom. The first-order valence-electron chi connectivity index (χ1n) is 5.33. The topological polar surface area (TPSA) is 12.0 Å². The minimum atomic E-state index is 0.600. The molecule has 0 aliphatic carbocycles. The highest BCUT2D eigenvalue weighted by Gasteiger charge is 2.25. The van der Waals surface area contributed by atoms with Crippen LogP contribution >= 0.6 is 0 Å². The summed E-state index contributed by atoms with van der Waals surface area (Å²) in [6.07, 6.45) is 5.58. The fraction of sp³-hybridized carbons (Fsp3) is 1.00. The van der Waals surface area contributed by atoms with E-state index < -0.39 is 0 Å². The first-order chi connectivity index (χ1) is 5.62. The maximum absolute atomic E-state index is 3.50. The van der Waals surface area contributed by atoms with Gasteiger partial charge in [-0.05, 0) is 37.1 Å². The van der Waals surface area contributed by atoms with Gasteiger partial charge in [0.15, 0.2) is 0 Å². The van der Waals surface area contributed by atoms with Crippen LogP contribution in [0.3, 0.4) is 0 Å². The Balaban J connectivity index is 2.26. The van der Waals surface area contributed by atoms with Crippen molar-refractivity contribution in [3.05, 3.63) is 0 Å².